The van der Waals surface area contributed by atoms with Gasteiger partial charge in [-0.2, -0.15) is 0 Å². The fourth-order valence-electron chi connectivity index (χ4n) is 1.87. The first kappa shape index (κ1) is 16.0. The third-order valence-electron chi connectivity index (χ3n) is 3.33. The Labute approximate surface area is 117 Å². The Bertz CT molecular complexity index is 390. The fraction of sp³-hybridized carbons (Fsp3) is 0.625. The standard InChI is InChI=1S/C16H27NO2/c1-6-9-17-12(3)15-8-7-11(2)10-16(15)19-14(5)13(4)18/h7-8,10,12-14,17-18H,6,9H2,1-5H3. The highest BCUT2D eigenvalue weighted by Gasteiger charge is 2.16. The number of rotatable bonds is 7. The normalized spacial score (nSPS) is 15.9. The molecule has 2 N–H and O–H groups in total. The van der Waals surface area contributed by atoms with Gasteiger partial charge in [-0.25, -0.2) is 0 Å². The van der Waals surface area contributed by atoms with Crippen molar-refractivity contribution in [1.29, 1.82) is 0 Å². The molecular formula is C16H27NO2. The van der Waals surface area contributed by atoms with E-state index in [1.165, 1.54) is 5.56 Å². The largest absolute Gasteiger partial charge is 0.488 e. The number of aryl methyl sites for hydroxylation is 1. The average Bonchev–Trinajstić information content (AvgIpc) is 2.36. The summed E-state index contributed by atoms with van der Waals surface area (Å²) in [5, 5.41) is 13.1. The predicted octanol–water partition coefficient (Wildman–Crippen LogP) is 3.20. The molecule has 0 aliphatic rings. The Balaban J connectivity index is 2.90. The maximum absolute atomic E-state index is 9.58. The van der Waals surface area contributed by atoms with Gasteiger partial charge in [-0.1, -0.05) is 19.1 Å². The molecule has 1 aromatic carbocycles. The van der Waals surface area contributed by atoms with Crippen molar-refractivity contribution >= 4 is 0 Å². The quantitative estimate of drug-likeness (QED) is 0.795. The van der Waals surface area contributed by atoms with Crippen LogP contribution in [-0.2, 0) is 0 Å². The van der Waals surface area contributed by atoms with Gasteiger partial charge in [0.2, 0.25) is 0 Å². The Morgan fingerprint density at radius 3 is 2.53 bits per heavy atom. The number of aliphatic hydroxyl groups is 1. The summed E-state index contributed by atoms with van der Waals surface area (Å²) in [6.45, 7) is 11.0. The molecular weight excluding hydrogens is 238 g/mol. The molecule has 0 aromatic heterocycles. The van der Waals surface area contributed by atoms with E-state index in [-0.39, 0.29) is 12.1 Å². The van der Waals surface area contributed by atoms with Crippen LogP contribution >= 0.6 is 0 Å². The van der Waals surface area contributed by atoms with E-state index in [1.54, 1.807) is 6.92 Å². The first-order valence-corrected chi connectivity index (χ1v) is 7.14. The van der Waals surface area contributed by atoms with E-state index in [9.17, 15) is 5.11 Å². The van der Waals surface area contributed by atoms with Crippen molar-refractivity contribution in [3.63, 3.8) is 0 Å². The number of nitrogens with one attached hydrogen (secondary N) is 1. The highest BCUT2D eigenvalue weighted by molar-refractivity contribution is 5.39. The van der Waals surface area contributed by atoms with Crippen LogP contribution in [-0.4, -0.2) is 23.9 Å². The van der Waals surface area contributed by atoms with Gasteiger partial charge in [0, 0.05) is 11.6 Å². The molecule has 1 aromatic rings. The summed E-state index contributed by atoms with van der Waals surface area (Å²) in [6, 6.07) is 6.49. The maximum Gasteiger partial charge on any atom is 0.124 e. The molecule has 3 unspecified atom stereocenters. The monoisotopic (exact) mass is 265 g/mol. The number of aliphatic hydroxyl groups excluding tert-OH is 1. The Morgan fingerprint density at radius 2 is 1.95 bits per heavy atom. The lowest BCUT2D eigenvalue weighted by atomic mass is 10.0. The second kappa shape index (κ2) is 7.51. The Hall–Kier alpha value is -1.06. The number of benzene rings is 1. The van der Waals surface area contributed by atoms with Crippen molar-refractivity contribution in [2.75, 3.05) is 6.54 Å². The summed E-state index contributed by atoms with van der Waals surface area (Å²) in [6.07, 6.45) is 0.419. The zero-order valence-electron chi connectivity index (χ0n) is 12.7. The molecule has 3 heteroatoms. The van der Waals surface area contributed by atoms with Gasteiger partial charge in [0.1, 0.15) is 11.9 Å². The molecule has 0 saturated carbocycles. The zero-order chi connectivity index (χ0) is 14.4. The van der Waals surface area contributed by atoms with E-state index >= 15 is 0 Å². The number of hydrogen-bond donors (Lipinski definition) is 2. The van der Waals surface area contributed by atoms with Gasteiger partial charge in [0.25, 0.3) is 0 Å². The van der Waals surface area contributed by atoms with Gasteiger partial charge in [-0.15, -0.1) is 0 Å². The smallest absolute Gasteiger partial charge is 0.124 e. The molecule has 0 fully saturated rings. The van der Waals surface area contributed by atoms with Gasteiger partial charge >= 0.3 is 0 Å². The molecule has 0 spiro atoms. The molecule has 0 saturated heterocycles. The minimum absolute atomic E-state index is 0.209. The molecule has 0 aliphatic carbocycles. The lowest BCUT2D eigenvalue weighted by molar-refractivity contribution is 0.0595. The summed E-state index contributed by atoms with van der Waals surface area (Å²) in [5.74, 6) is 0.865. The molecule has 0 radical (unpaired) electrons. The van der Waals surface area contributed by atoms with Crippen molar-refractivity contribution < 1.29 is 9.84 Å². The summed E-state index contributed by atoms with van der Waals surface area (Å²) in [4.78, 5) is 0. The topological polar surface area (TPSA) is 41.5 Å². The van der Waals surface area contributed by atoms with Crippen molar-refractivity contribution in [1.82, 2.24) is 5.32 Å². The van der Waals surface area contributed by atoms with Crippen LogP contribution in [0.2, 0.25) is 0 Å². The van der Waals surface area contributed by atoms with Crippen LogP contribution in [0.15, 0.2) is 18.2 Å². The minimum Gasteiger partial charge on any atom is -0.488 e. The van der Waals surface area contributed by atoms with Gasteiger partial charge in [-0.3, -0.25) is 0 Å². The Morgan fingerprint density at radius 1 is 1.26 bits per heavy atom. The van der Waals surface area contributed by atoms with Gasteiger partial charge in [0.15, 0.2) is 0 Å². The molecule has 108 valence electrons. The number of hydrogen-bond acceptors (Lipinski definition) is 3. The molecule has 19 heavy (non-hydrogen) atoms. The van der Waals surface area contributed by atoms with E-state index in [0.29, 0.717) is 0 Å². The van der Waals surface area contributed by atoms with Crippen LogP contribution in [0.25, 0.3) is 0 Å². The van der Waals surface area contributed by atoms with Crippen LogP contribution < -0.4 is 10.1 Å². The molecule has 0 bridgehead atoms. The highest BCUT2D eigenvalue weighted by atomic mass is 16.5. The Kier molecular flexibility index (Phi) is 6.32. The van der Waals surface area contributed by atoms with E-state index in [0.717, 1.165) is 24.3 Å². The summed E-state index contributed by atoms with van der Waals surface area (Å²) < 4.78 is 5.90. The van der Waals surface area contributed by atoms with Crippen LogP contribution in [0.5, 0.6) is 5.75 Å². The summed E-state index contributed by atoms with van der Waals surface area (Å²) in [5.41, 5.74) is 2.31. The van der Waals surface area contributed by atoms with Gasteiger partial charge in [0.05, 0.1) is 6.10 Å². The van der Waals surface area contributed by atoms with E-state index < -0.39 is 6.10 Å². The third-order valence-corrected chi connectivity index (χ3v) is 3.33. The molecule has 0 heterocycles. The van der Waals surface area contributed by atoms with Crippen LogP contribution in [0.1, 0.15) is 51.3 Å². The maximum atomic E-state index is 9.58. The molecule has 0 aliphatic heterocycles. The van der Waals surface area contributed by atoms with Crippen molar-refractivity contribution in [2.45, 2.75) is 59.3 Å². The second-order valence-corrected chi connectivity index (χ2v) is 5.28. The molecule has 1 rings (SSSR count). The van der Waals surface area contributed by atoms with E-state index in [1.807, 2.05) is 19.9 Å². The van der Waals surface area contributed by atoms with Crippen LogP contribution in [0.4, 0.5) is 0 Å². The van der Waals surface area contributed by atoms with Gasteiger partial charge < -0.3 is 15.2 Å². The van der Waals surface area contributed by atoms with E-state index in [4.69, 9.17) is 4.74 Å². The first-order valence-electron chi connectivity index (χ1n) is 7.14. The highest BCUT2D eigenvalue weighted by Crippen LogP contribution is 2.27. The molecule has 0 amide bonds. The predicted molar refractivity (Wildman–Crippen MR) is 79.7 cm³/mol. The van der Waals surface area contributed by atoms with E-state index in [2.05, 4.69) is 31.3 Å². The van der Waals surface area contributed by atoms with Crippen molar-refractivity contribution in [2.24, 2.45) is 0 Å². The number of ether oxygens (including phenoxy) is 1. The summed E-state index contributed by atoms with van der Waals surface area (Å²) >= 11 is 0. The minimum atomic E-state index is -0.479. The van der Waals surface area contributed by atoms with Crippen molar-refractivity contribution in [3.8, 4) is 5.75 Å². The summed E-state index contributed by atoms with van der Waals surface area (Å²) in [7, 11) is 0. The fourth-order valence-corrected chi connectivity index (χ4v) is 1.87. The average molecular weight is 265 g/mol. The van der Waals surface area contributed by atoms with Gasteiger partial charge in [-0.05, 0) is 52.3 Å². The second-order valence-electron chi connectivity index (χ2n) is 5.28. The lowest BCUT2D eigenvalue weighted by Gasteiger charge is -2.23. The van der Waals surface area contributed by atoms with Crippen molar-refractivity contribution in [3.05, 3.63) is 29.3 Å². The SMILES string of the molecule is CCCNC(C)c1ccc(C)cc1OC(C)C(C)O. The zero-order valence-corrected chi connectivity index (χ0v) is 12.7. The van der Waals surface area contributed by atoms with Crippen LogP contribution in [0, 0.1) is 6.92 Å². The lowest BCUT2D eigenvalue weighted by Crippen LogP contribution is -2.27. The van der Waals surface area contributed by atoms with Crippen LogP contribution in [0.3, 0.4) is 0 Å². The molecule has 3 atom stereocenters. The molecule has 3 nitrogen and oxygen atoms in total. The third kappa shape index (κ3) is 4.84. The first-order chi connectivity index (χ1) is 8.95.